The molecule has 1 aliphatic rings. The van der Waals surface area contributed by atoms with Crippen LogP contribution >= 0.6 is 24.0 Å². The average molecular weight is 466 g/mol. The van der Waals surface area contributed by atoms with Gasteiger partial charge in [-0.1, -0.05) is 17.7 Å². The Morgan fingerprint density at radius 3 is 2.42 bits per heavy atom. The Labute approximate surface area is 162 Å². The average Bonchev–Trinajstić information content (AvgIpc) is 3.05. The summed E-state index contributed by atoms with van der Waals surface area (Å²) in [6.45, 7) is 7.51. The van der Waals surface area contributed by atoms with Crippen LogP contribution in [0.15, 0.2) is 34.2 Å². The molecule has 0 unspecified atom stereocenters. The SMILES string of the molecule is CCNC(=NCCNS(=O)(=O)c1ccc(C)cc1)N1CCCC1.I. The quantitative estimate of drug-likeness (QED) is 0.291. The molecule has 0 spiro atoms. The van der Waals surface area contributed by atoms with Crippen LogP contribution < -0.4 is 10.0 Å². The topological polar surface area (TPSA) is 73.8 Å². The minimum absolute atomic E-state index is 0. The second-order valence-electron chi connectivity index (χ2n) is 5.64. The van der Waals surface area contributed by atoms with Gasteiger partial charge in [-0.15, -0.1) is 24.0 Å². The smallest absolute Gasteiger partial charge is 0.240 e. The Kier molecular flexibility index (Phi) is 8.99. The number of guanidine groups is 1. The van der Waals surface area contributed by atoms with Crippen LogP contribution in [0.1, 0.15) is 25.3 Å². The van der Waals surface area contributed by atoms with Crippen LogP contribution in [0.25, 0.3) is 0 Å². The highest BCUT2D eigenvalue weighted by Crippen LogP contribution is 2.10. The molecule has 8 heteroatoms. The minimum atomic E-state index is -3.46. The first-order chi connectivity index (χ1) is 11.0. The van der Waals surface area contributed by atoms with Crippen LogP contribution in [0.3, 0.4) is 0 Å². The summed E-state index contributed by atoms with van der Waals surface area (Å²) in [5.74, 6) is 0.875. The Hall–Kier alpha value is -0.870. The standard InChI is InChI=1S/C16H26N4O2S.HI/c1-3-17-16(20-12-4-5-13-20)18-10-11-19-23(21,22)15-8-6-14(2)7-9-15;/h6-9,19H,3-5,10-13H2,1-2H3,(H,17,18);1H. The van der Waals surface area contributed by atoms with Crippen molar-refractivity contribution in [2.45, 2.75) is 31.6 Å². The van der Waals surface area contributed by atoms with Gasteiger partial charge in [0, 0.05) is 26.2 Å². The van der Waals surface area contributed by atoms with Crippen molar-refractivity contribution in [3.8, 4) is 0 Å². The van der Waals surface area contributed by atoms with E-state index in [9.17, 15) is 8.42 Å². The third kappa shape index (κ3) is 6.21. The van der Waals surface area contributed by atoms with Crippen LogP contribution in [0.5, 0.6) is 0 Å². The van der Waals surface area contributed by atoms with E-state index >= 15 is 0 Å². The third-order valence-electron chi connectivity index (χ3n) is 3.74. The summed E-state index contributed by atoms with van der Waals surface area (Å²) in [4.78, 5) is 7.02. The van der Waals surface area contributed by atoms with E-state index in [2.05, 4.69) is 19.9 Å². The van der Waals surface area contributed by atoms with Gasteiger partial charge in [0.1, 0.15) is 0 Å². The first-order valence-electron chi connectivity index (χ1n) is 8.12. The van der Waals surface area contributed by atoms with Crippen LogP contribution in [-0.2, 0) is 10.0 Å². The summed E-state index contributed by atoms with van der Waals surface area (Å²) in [6.07, 6.45) is 2.37. The lowest BCUT2D eigenvalue weighted by atomic mass is 10.2. The van der Waals surface area contributed by atoms with Gasteiger partial charge in [0.2, 0.25) is 10.0 Å². The second-order valence-corrected chi connectivity index (χ2v) is 7.41. The van der Waals surface area contributed by atoms with Crippen molar-refractivity contribution in [1.82, 2.24) is 14.9 Å². The maximum atomic E-state index is 12.2. The highest BCUT2D eigenvalue weighted by Gasteiger charge is 2.16. The molecule has 2 N–H and O–H groups in total. The number of hydrogen-bond donors (Lipinski definition) is 2. The fourth-order valence-electron chi connectivity index (χ4n) is 2.50. The summed E-state index contributed by atoms with van der Waals surface area (Å²) < 4.78 is 27.0. The maximum absolute atomic E-state index is 12.2. The van der Waals surface area contributed by atoms with Crippen molar-refractivity contribution >= 4 is 40.0 Å². The summed E-state index contributed by atoms with van der Waals surface area (Å²) >= 11 is 0. The molecule has 1 aromatic carbocycles. The third-order valence-corrected chi connectivity index (χ3v) is 5.21. The Balaban J connectivity index is 0.00000288. The Morgan fingerprint density at radius 1 is 1.21 bits per heavy atom. The molecule has 1 aromatic rings. The first kappa shape index (κ1) is 21.2. The van der Waals surface area contributed by atoms with Gasteiger partial charge in [-0.2, -0.15) is 0 Å². The van der Waals surface area contributed by atoms with Gasteiger partial charge in [-0.25, -0.2) is 13.1 Å². The predicted octanol–water partition coefficient (Wildman–Crippen LogP) is 1.95. The van der Waals surface area contributed by atoms with Gasteiger partial charge >= 0.3 is 0 Å². The van der Waals surface area contributed by atoms with Crippen LogP contribution in [0.2, 0.25) is 0 Å². The molecule has 0 aliphatic carbocycles. The molecule has 0 saturated carbocycles. The van der Waals surface area contributed by atoms with Crippen molar-refractivity contribution in [1.29, 1.82) is 0 Å². The number of halogens is 1. The molecule has 136 valence electrons. The number of nitrogens with one attached hydrogen (secondary N) is 2. The van der Waals surface area contributed by atoms with Gasteiger partial charge in [0.15, 0.2) is 5.96 Å². The minimum Gasteiger partial charge on any atom is -0.357 e. The van der Waals surface area contributed by atoms with E-state index in [1.807, 2.05) is 13.8 Å². The van der Waals surface area contributed by atoms with Crippen LogP contribution in [0, 0.1) is 6.92 Å². The lowest BCUT2D eigenvalue weighted by Gasteiger charge is -2.20. The van der Waals surface area contributed by atoms with E-state index in [0.717, 1.165) is 31.2 Å². The van der Waals surface area contributed by atoms with E-state index < -0.39 is 10.0 Å². The molecular formula is C16H27IN4O2S. The molecular weight excluding hydrogens is 439 g/mol. The Bertz CT molecular complexity index is 626. The first-order valence-corrected chi connectivity index (χ1v) is 9.61. The molecule has 1 saturated heterocycles. The number of likely N-dealkylation sites (tertiary alicyclic amines) is 1. The highest BCUT2D eigenvalue weighted by atomic mass is 127. The molecule has 1 heterocycles. The van der Waals surface area contributed by atoms with E-state index in [4.69, 9.17) is 0 Å². The zero-order valence-electron chi connectivity index (χ0n) is 14.3. The van der Waals surface area contributed by atoms with Gasteiger partial charge in [-0.05, 0) is 38.8 Å². The largest absolute Gasteiger partial charge is 0.357 e. The zero-order valence-corrected chi connectivity index (χ0v) is 17.4. The van der Waals surface area contributed by atoms with Crippen molar-refractivity contribution in [3.05, 3.63) is 29.8 Å². The number of aliphatic imine (C=N–C) groups is 1. The molecule has 1 fully saturated rings. The van der Waals surface area contributed by atoms with Gasteiger partial charge in [0.25, 0.3) is 0 Å². The van der Waals surface area contributed by atoms with Crippen LogP contribution in [0.4, 0.5) is 0 Å². The van der Waals surface area contributed by atoms with Gasteiger partial charge in [0.05, 0.1) is 11.4 Å². The van der Waals surface area contributed by atoms with Crippen LogP contribution in [-0.4, -0.2) is 52.0 Å². The number of aryl methyl sites for hydroxylation is 1. The van der Waals surface area contributed by atoms with Crippen molar-refractivity contribution in [2.24, 2.45) is 4.99 Å². The number of hydrogen-bond acceptors (Lipinski definition) is 3. The highest BCUT2D eigenvalue weighted by molar-refractivity contribution is 14.0. The molecule has 1 aliphatic heterocycles. The predicted molar refractivity (Wildman–Crippen MR) is 109 cm³/mol. The fraction of sp³-hybridized carbons (Fsp3) is 0.562. The molecule has 0 atom stereocenters. The zero-order chi connectivity index (χ0) is 16.7. The van der Waals surface area contributed by atoms with Crippen molar-refractivity contribution in [3.63, 3.8) is 0 Å². The monoisotopic (exact) mass is 466 g/mol. The lowest BCUT2D eigenvalue weighted by Crippen LogP contribution is -2.40. The molecule has 0 radical (unpaired) electrons. The normalized spacial score (nSPS) is 15.2. The summed E-state index contributed by atoms with van der Waals surface area (Å²) in [5, 5.41) is 3.26. The number of benzene rings is 1. The van der Waals surface area contributed by atoms with E-state index in [-0.39, 0.29) is 24.0 Å². The molecule has 2 rings (SSSR count). The van der Waals surface area contributed by atoms with E-state index in [1.54, 1.807) is 24.3 Å². The summed E-state index contributed by atoms with van der Waals surface area (Å²) in [5.41, 5.74) is 1.04. The van der Waals surface area contributed by atoms with Crippen molar-refractivity contribution in [2.75, 3.05) is 32.7 Å². The summed E-state index contributed by atoms with van der Waals surface area (Å²) in [6, 6.07) is 6.83. The van der Waals surface area contributed by atoms with Gasteiger partial charge < -0.3 is 10.2 Å². The fourth-order valence-corrected chi connectivity index (χ4v) is 3.52. The summed E-state index contributed by atoms with van der Waals surface area (Å²) in [7, 11) is -3.46. The van der Waals surface area contributed by atoms with Gasteiger partial charge in [-0.3, -0.25) is 4.99 Å². The lowest BCUT2D eigenvalue weighted by molar-refractivity contribution is 0.493. The maximum Gasteiger partial charge on any atom is 0.240 e. The molecule has 0 bridgehead atoms. The number of sulfonamides is 1. The Morgan fingerprint density at radius 2 is 1.83 bits per heavy atom. The number of rotatable bonds is 6. The van der Waals surface area contributed by atoms with E-state index in [1.165, 1.54) is 12.8 Å². The molecule has 24 heavy (non-hydrogen) atoms. The molecule has 0 amide bonds. The molecule has 0 aromatic heterocycles. The van der Waals surface area contributed by atoms with E-state index in [0.29, 0.717) is 18.0 Å². The molecule has 6 nitrogen and oxygen atoms in total. The number of nitrogens with zero attached hydrogens (tertiary/aromatic N) is 2. The second kappa shape index (κ2) is 10.2. The van der Waals surface area contributed by atoms with Crippen molar-refractivity contribution < 1.29 is 8.42 Å².